The summed E-state index contributed by atoms with van der Waals surface area (Å²) in [4.78, 5) is 36.3. The summed E-state index contributed by atoms with van der Waals surface area (Å²) in [7, 11) is 0. The number of rotatable bonds is 8. The van der Waals surface area contributed by atoms with Gasteiger partial charge in [-0.05, 0) is 42.7 Å². The molecule has 2 aromatic carbocycles. The maximum absolute atomic E-state index is 12.8. The van der Waals surface area contributed by atoms with Gasteiger partial charge < -0.3 is 15.4 Å². The molecule has 2 amide bonds. The smallest absolute Gasteiger partial charge is 0.314 e. The minimum absolute atomic E-state index is 0.0847. The number of carbonyl (C=O) groups is 3. The minimum Gasteiger partial charge on any atom is -0.452 e. The molecule has 0 aliphatic rings. The van der Waals surface area contributed by atoms with Crippen LogP contribution in [0.15, 0.2) is 54.6 Å². The van der Waals surface area contributed by atoms with Crippen LogP contribution in [0.2, 0.25) is 0 Å². The van der Waals surface area contributed by atoms with Gasteiger partial charge in [0, 0.05) is 18.3 Å². The Balaban J connectivity index is 2.01. The first kappa shape index (κ1) is 22.1. The van der Waals surface area contributed by atoms with Crippen LogP contribution in [-0.4, -0.2) is 23.9 Å². The van der Waals surface area contributed by atoms with Gasteiger partial charge in [0.25, 0.3) is 5.91 Å². The Hall–Kier alpha value is -3.15. The molecule has 0 fully saturated rings. The fourth-order valence-corrected chi connectivity index (χ4v) is 2.98. The molecule has 154 valence electrons. The summed E-state index contributed by atoms with van der Waals surface area (Å²) in [6, 6.07) is 16.2. The topological polar surface area (TPSA) is 84.5 Å². The van der Waals surface area contributed by atoms with E-state index in [0.29, 0.717) is 11.4 Å². The number of hydrogen-bond donors (Lipinski definition) is 2. The lowest BCUT2D eigenvalue weighted by atomic mass is 9.85. The van der Waals surface area contributed by atoms with Crippen molar-refractivity contribution in [3.63, 3.8) is 0 Å². The highest BCUT2D eigenvalue weighted by Crippen LogP contribution is 2.28. The fourth-order valence-electron chi connectivity index (χ4n) is 2.98. The Kier molecular flexibility index (Phi) is 7.95. The lowest BCUT2D eigenvalue weighted by Crippen LogP contribution is -2.33. The number of carbonyl (C=O) groups excluding carboxylic acids is 3. The first-order valence-corrected chi connectivity index (χ1v) is 9.75. The third kappa shape index (κ3) is 6.45. The number of amides is 2. The van der Waals surface area contributed by atoms with Crippen molar-refractivity contribution in [1.82, 2.24) is 0 Å². The standard InChI is InChI=1S/C23H28N2O4/c1-5-15(2)21(18-9-7-6-8-10-18)23(28)29-16(3)22(27)25-20-13-11-19(12-14-20)24-17(4)26/h6-16,21H,5H2,1-4H3,(H,24,26)(H,25,27)/t15-,16-,21+/m0/s1. The van der Waals surface area contributed by atoms with Gasteiger partial charge in [-0.15, -0.1) is 0 Å². The first-order valence-electron chi connectivity index (χ1n) is 9.75. The molecular formula is C23H28N2O4. The second kappa shape index (κ2) is 10.4. The van der Waals surface area contributed by atoms with Crippen LogP contribution in [-0.2, 0) is 19.1 Å². The minimum atomic E-state index is -0.937. The normalized spacial score (nSPS) is 13.7. The molecule has 0 heterocycles. The van der Waals surface area contributed by atoms with Crippen molar-refractivity contribution in [2.24, 2.45) is 5.92 Å². The highest BCUT2D eigenvalue weighted by atomic mass is 16.5. The number of ether oxygens (including phenoxy) is 1. The van der Waals surface area contributed by atoms with E-state index in [-0.39, 0.29) is 11.8 Å². The SMILES string of the molecule is CC[C@H](C)[C@@H](C(=O)O[C@@H](C)C(=O)Nc1ccc(NC(C)=O)cc1)c1ccccc1. The molecule has 2 rings (SSSR count). The maximum Gasteiger partial charge on any atom is 0.314 e. The first-order chi connectivity index (χ1) is 13.8. The van der Waals surface area contributed by atoms with Gasteiger partial charge in [0.2, 0.25) is 5.91 Å². The van der Waals surface area contributed by atoms with Crippen LogP contribution in [0.3, 0.4) is 0 Å². The van der Waals surface area contributed by atoms with Crippen molar-refractivity contribution in [1.29, 1.82) is 0 Å². The molecule has 0 saturated heterocycles. The van der Waals surface area contributed by atoms with Crippen LogP contribution < -0.4 is 10.6 Å². The monoisotopic (exact) mass is 396 g/mol. The predicted molar refractivity (Wildman–Crippen MR) is 114 cm³/mol. The number of anilines is 2. The summed E-state index contributed by atoms with van der Waals surface area (Å²) in [6.07, 6.45) is -0.122. The maximum atomic E-state index is 12.8. The van der Waals surface area contributed by atoms with Crippen molar-refractivity contribution in [3.8, 4) is 0 Å². The molecule has 0 bridgehead atoms. The van der Waals surface area contributed by atoms with E-state index < -0.39 is 23.9 Å². The summed E-state index contributed by atoms with van der Waals surface area (Å²) in [6.45, 7) is 7.00. The van der Waals surface area contributed by atoms with Gasteiger partial charge >= 0.3 is 5.97 Å². The average molecular weight is 396 g/mol. The summed E-state index contributed by atoms with van der Waals surface area (Å²) < 4.78 is 5.49. The molecule has 0 unspecified atom stereocenters. The Morgan fingerprint density at radius 3 is 1.97 bits per heavy atom. The molecule has 29 heavy (non-hydrogen) atoms. The zero-order chi connectivity index (χ0) is 21.4. The van der Waals surface area contributed by atoms with E-state index in [4.69, 9.17) is 4.74 Å². The van der Waals surface area contributed by atoms with Crippen LogP contribution in [0.4, 0.5) is 11.4 Å². The van der Waals surface area contributed by atoms with Crippen molar-refractivity contribution >= 4 is 29.2 Å². The number of nitrogens with one attached hydrogen (secondary N) is 2. The van der Waals surface area contributed by atoms with E-state index in [1.807, 2.05) is 44.2 Å². The summed E-state index contributed by atoms with van der Waals surface area (Å²) in [5.74, 6) is -1.33. The molecule has 6 nitrogen and oxygen atoms in total. The van der Waals surface area contributed by atoms with Crippen molar-refractivity contribution in [2.45, 2.75) is 46.1 Å². The van der Waals surface area contributed by atoms with Gasteiger partial charge in [-0.25, -0.2) is 0 Å². The molecule has 3 atom stereocenters. The Morgan fingerprint density at radius 1 is 0.897 bits per heavy atom. The molecule has 6 heteroatoms. The molecule has 2 aromatic rings. The Bertz CT molecular complexity index is 834. The van der Waals surface area contributed by atoms with Gasteiger partial charge in [-0.3, -0.25) is 14.4 Å². The van der Waals surface area contributed by atoms with Crippen LogP contribution >= 0.6 is 0 Å². The van der Waals surface area contributed by atoms with Gasteiger partial charge in [0.15, 0.2) is 6.10 Å². The van der Waals surface area contributed by atoms with Gasteiger partial charge in [-0.1, -0.05) is 50.6 Å². The van der Waals surface area contributed by atoms with E-state index in [9.17, 15) is 14.4 Å². The Labute approximate surface area is 171 Å². The Morgan fingerprint density at radius 2 is 1.45 bits per heavy atom. The molecule has 0 radical (unpaired) electrons. The van der Waals surface area contributed by atoms with E-state index in [1.54, 1.807) is 31.2 Å². The quantitative estimate of drug-likeness (QED) is 0.650. The van der Waals surface area contributed by atoms with Crippen LogP contribution in [0.5, 0.6) is 0 Å². The molecule has 2 N–H and O–H groups in total. The van der Waals surface area contributed by atoms with E-state index in [1.165, 1.54) is 6.92 Å². The molecule has 0 aromatic heterocycles. The lowest BCUT2D eigenvalue weighted by Gasteiger charge is -2.24. The lowest BCUT2D eigenvalue weighted by molar-refractivity contribution is -0.155. The van der Waals surface area contributed by atoms with Crippen LogP contribution in [0.25, 0.3) is 0 Å². The highest BCUT2D eigenvalue weighted by molar-refractivity contribution is 5.96. The van der Waals surface area contributed by atoms with Crippen LogP contribution in [0, 0.1) is 5.92 Å². The summed E-state index contributed by atoms with van der Waals surface area (Å²) >= 11 is 0. The van der Waals surface area contributed by atoms with Crippen molar-refractivity contribution in [3.05, 3.63) is 60.2 Å². The molecule has 0 aliphatic carbocycles. The third-order valence-corrected chi connectivity index (χ3v) is 4.76. The second-order valence-corrected chi connectivity index (χ2v) is 7.10. The second-order valence-electron chi connectivity index (χ2n) is 7.10. The largest absolute Gasteiger partial charge is 0.452 e. The number of esters is 1. The van der Waals surface area contributed by atoms with Crippen molar-refractivity contribution in [2.75, 3.05) is 10.6 Å². The summed E-state index contributed by atoms with van der Waals surface area (Å²) in [5, 5.41) is 5.38. The highest BCUT2D eigenvalue weighted by Gasteiger charge is 2.30. The third-order valence-electron chi connectivity index (χ3n) is 4.76. The van der Waals surface area contributed by atoms with E-state index in [0.717, 1.165) is 12.0 Å². The number of benzene rings is 2. The summed E-state index contributed by atoms with van der Waals surface area (Å²) in [5.41, 5.74) is 2.07. The van der Waals surface area contributed by atoms with Gasteiger partial charge in [0.1, 0.15) is 0 Å². The van der Waals surface area contributed by atoms with E-state index in [2.05, 4.69) is 10.6 Å². The number of hydrogen-bond acceptors (Lipinski definition) is 4. The van der Waals surface area contributed by atoms with Gasteiger partial charge in [-0.2, -0.15) is 0 Å². The zero-order valence-electron chi connectivity index (χ0n) is 17.3. The molecule has 0 saturated carbocycles. The molecule has 0 aliphatic heterocycles. The fraction of sp³-hybridized carbons (Fsp3) is 0.348. The predicted octanol–water partition coefficient (Wildman–Crippen LogP) is 4.35. The van der Waals surface area contributed by atoms with Crippen molar-refractivity contribution < 1.29 is 19.1 Å². The zero-order valence-corrected chi connectivity index (χ0v) is 17.3. The molecular weight excluding hydrogens is 368 g/mol. The van der Waals surface area contributed by atoms with Crippen LogP contribution in [0.1, 0.15) is 45.6 Å². The van der Waals surface area contributed by atoms with Gasteiger partial charge in [0.05, 0.1) is 5.92 Å². The average Bonchev–Trinajstić information content (AvgIpc) is 2.69. The molecule has 0 spiro atoms. The van der Waals surface area contributed by atoms with E-state index >= 15 is 0 Å².